The van der Waals surface area contributed by atoms with Gasteiger partial charge in [0.25, 0.3) is 0 Å². The molecule has 5 atom stereocenters. The molecule has 2 aliphatic heterocycles. The van der Waals surface area contributed by atoms with Crippen LogP contribution >= 0.6 is 0 Å². The molecule has 0 spiro atoms. The first kappa shape index (κ1) is 12.3. The van der Waals surface area contributed by atoms with E-state index in [2.05, 4.69) is 10.1 Å². The van der Waals surface area contributed by atoms with Gasteiger partial charge >= 0.3 is 5.97 Å². The second-order valence-corrected chi connectivity index (χ2v) is 6.19. The summed E-state index contributed by atoms with van der Waals surface area (Å²) in [6.07, 6.45) is 6.19. The van der Waals surface area contributed by atoms with Gasteiger partial charge in [-0.2, -0.15) is 4.98 Å². The lowest BCUT2D eigenvalue weighted by Gasteiger charge is -2.14. The van der Waals surface area contributed by atoms with Crippen LogP contribution in [0.1, 0.15) is 62.1 Å². The predicted octanol–water partition coefficient (Wildman–Crippen LogP) is 2.07. The molecule has 6 heteroatoms. The van der Waals surface area contributed by atoms with Crippen molar-refractivity contribution in [2.24, 2.45) is 5.92 Å². The van der Waals surface area contributed by atoms with Crippen molar-refractivity contribution in [3.8, 4) is 0 Å². The highest BCUT2D eigenvalue weighted by atomic mass is 16.5. The van der Waals surface area contributed by atoms with Crippen molar-refractivity contribution < 1.29 is 19.2 Å². The van der Waals surface area contributed by atoms with E-state index >= 15 is 0 Å². The van der Waals surface area contributed by atoms with Gasteiger partial charge in [0.2, 0.25) is 5.89 Å². The Morgan fingerprint density at radius 1 is 1.20 bits per heavy atom. The molecule has 3 heterocycles. The number of hydrogen-bond acceptors (Lipinski definition) is 5. The summed E-state index contributed by atoms with van der Waals surface area (Å²) in [4.78, 5) is 15.7. The Morgan fingerprint density at radius 2 is 2.10 bits per heavy atom. The van der Waals surface area contributed by atoms with Gasteiger partial charge in [0, 0.05) is 0 Å². The molecule has 3 aliphatic rings. The number of carboxylic acid groups (broad SMARTS) is 1. The number of hydrogen-bond donors (Lipinski definition) is 1. The number of carboxylic acids is 1. The molecule has 2 bridgehead atoms. The maximum atomic E-state index is 11.2. The van der Waals surface area contributed by atoms with Crippen LogP contribution in [0.4, 0.5) is 0 Å². The molecule has 0 amide bonds. The maximum absolute atomic E-state index is 11.2. The zero-order valence-corrected chi connectivity index (χ0v) is 11.2. The average Bonchev–Trinajstić information content (AvgIpc) is 3.20. The van der Waals surface area contributed by atoms with E-state index < -0.39 is 5.97 Å². The van der Waals surface area contributed by atoms with Crippen LogP contribution in [0.5, 0.6) is 0 Å². The van der Waals surface area contributed by atoms with Gasteiger partial charge in [-0.25, -0.2) is 0 Å². The topological polar surface area (TPSA) is 85.5 Å². The predicted molar refractivity (Wildman–Crippen MR) is 67.3 cm³/mol. The number of rotatable bonds is 3. The molecular weight excluding hydrogens is 260 g/mol. The zero-order valence-electron chi connectivity index (χ0n) is 11.2. The van der Waals surface area contributed by atoms with Crippen LogP contribution in [0.3, 0.4) is 0 Å². The first-order valence-corrected chi connectivity index (χ1v) is 7.44. The second kappa shape index (κ2) is 4.55. The SMILES string of the molecule is O=C(O)C1CCCC1c1nc(C2CC3CCC2O3)no1. The monoisotopic (exact) mass is 278 g/mol. The van der Waals surface area contributed by atoms with Crippen molar-refractivity contribution in [2.45, 2.75) is 62.6 Å². The minimum absolute atomic E-state index is 0.117. The molecule has 20 heavy (non-hydrogen) atoms. The highest BCUT2D eigenvalue weighted by Crippen LogP contribution is 2.44. The fourth-order valence-electron chi connectivity index (χ4n) is 4.01. The number of aromatic nitrogens is 2. The molecule has 0 aromatic carbocycles. The van der Waals surface area contributed by atoms with E-state index in [1.807, 2.05) is 0 Å². The Hall–Kier alpha value is -1.43. The zero-order chi connectivity index (χ0) is 13.7. The van der Waals surface area contributed by atoms with Gasteiger partial charge in [-0.3, -0.25) is 4.79 Å². The number of aliphatic carboxylic acids is 1. The van der Waals surface area contributed by atoms with Crippen LogP contribution in [0.15, 0.2) is 4.52 Å². The third-order valence-electron chi connectivity index (χ3n) is 5.05. The Labute approximate surface area is 116 Å². The Morgan fingerprint density at radius 3 is 2.80 bits per heavy atom. The molecule has 1 saturated carbocycles. The van der Waals surface area contributed by atoms with Crippen molar-refractivity contribution >= 4 is 5.97 Å². The number of fused-ring (bicyclic) bond motifs is 2. The molecule has 0 radical (unpaired) electrons. The first-order chi connectivity index (χ1) is 9.72. The van der Waals surface area contributed by atoms with Crippen molar-refractivity contribution in [1.82, 2.24) is 10.1 Å². The molecule has 108 valence electrons. The van der Waals surface area contributed by atoms with Gasteiger partial charge in [-0.15, -0.1) is 0 Å². The summed E-state index contributed by atoms with van der Waals surface area (Å²) in [5.74, 6) is 0.204. The molecule has 1 N–H and O–H groups in total. The number of nitrogens with zero attached hydrogens (tertiary/aromatic N) is 2. The Bertz CT molecular complexity index is 529. The van der Waals surface area contributed by atoms with E-state index in [1.165, 1.54) is 0 Å². The third kappa shape index (κ3) is 1.85. The normalized spacial score (nSPS) is 39.5. The van der Waals surface area contributed by atoms with E-state index in [1.54, 1.807) is 0 Å². The van der Waals surface area contributed by atoms with E-state index in [4.69, 9.17) is 9.26 Å². The summed E-state index contributed by atoms with van der Waals surface area (Å²) in [6.45, 7) is 0. The smallest absolute Gasteiger partial charge is 0.307 e. The van der Waals surface area contributed by atoms with Gasteiger partial charge in [-0.1, -0.05) is 11.6 Å². The highest BCUT2D eigenvalue weighted by molar-refractivity contribution is 5.71. The fourth-order valence-corrected chi connectivity index (χ4v) is 4.01. The summed E-state index contributed by atoms with van der Waals surface area (Å²) in [6, 6.07) is 0. The molecule has 3 fully saturated rings. The van der Waals surface area contributed by atoms with Crippen molar-refractivity contribution in [2.75, 3.05) is 0 Å². The number of carbonyl (C=O) groups is 1. The lowest BCUT2D eigenvalue weighted by molar-refractivity contribution is -0.142. The molecule has 5 unspecified atom stereocenters. The minimum atomic E-state index is -0.754. The maximum Gasteiger partial charge on any atom is 0.307 e. The molecule has 6 nitrogen and oxygen atoms in total. The van der Waals surface area contributed by atoms with Crippen LogP contribution in [0.2, 0.25) is 0 Å². The Balaban J connectivity index is 1.55. The second-order valence-electron chi connectivity index (χ2n) is 6.19. The van der Waals surface area contributed by atoms with Crippen LogP contribution in [0, 0.1) is 5.92 Å². The van der Waals surface area contributed by atoms with Crippen LogP contribution < -0.4 is 0 Å². The number of ether oxygens (including phenoxy) is 1. The van der Waals surface area contributed by atoms with Crippen LogP contribution in [0.25, 0.3) is 0 Å². The van der Waals surface area contributed by atoms with E-state index in [0.717, 1.165) is 32.1 Å². The van der Waals surface area contributed by atoms with Gasteiger partial charge in [0.05, 0.1) is 30.0 Å². The summed E-state index contributed by atoms with van der Waals surface area (Å²) in [5, 5.41) is 13.3. The van der Waals surface area contributed by atoms with E-state index in [-0.39, 0.29) is 23.9 Å². The molecule has 1 aliphatic carbocycles. The molecule has 1 aromatic heterocycles. The largest absolute Gasteiger partial charge is 0.481 e. The third-order valence-corrected chi connectivity index (χ3v) is 5.05. The Kier molecular flexibility index (Phi) is 2.80. The van der Waals surface area contributed by atoms with E-state index in [0.29, 0.717) is 24.2 Å². The van der Waals surface area contributed by atoms with Crippen molar-refractivity contribution in [1.29, 1.82) is 0 Å². The fraction of sp³-hybridized carbons (Fsp3) is 0.786. The lowest BCUT2D eigenvalue weighted by Crippen LogP contribution is -2.18. The lowest BCUT2D eigenvalue weighted by atomic mass is 9.89. The quantitative estimate of drug-likeness (QED) is 0.911. The van der Waals surface area contributed by atoms with Gasteiger partial charge in [0.15, 0.2) is 5.82 Å². The van der Waals surface area contributed by atoms with Gasteiger partial charge < -0.3 is 14.4 Å². The average molecular weight is 278 g/mol. The summed E-state index contributed by atoms with van der Waals surface area (Å²) in [5.41, 5.74) is 0. The van der Waals surface area contributed by atoms with Crippen LogP contribution in [-0.4, -0.2) is 33.4 Å². The highest BCUT2D eigenvalue weighted by Gasteiger charge is 2.44. The summed E-state index contributed by atoms with van der Waals surface area (Å²) < 4.78 is 11.2. The standard InChI is InChI=1S/C14H18N2O4/c17-14(18)9-3-1-2-8(9)13-15-12(16-20-13)10-6-7-4-5-11(10)19-7/h7-11H,1-6H2,(H,17,18). The van der Waals surface area contributed by atoms with E-state index in [9.17, 15) is 9.90 Å². The molecule has 2 saturated heterocycles. The molecule has 4 rings (SSSR count). The van der Waals surface area contributed by atoms with Gasteiger partial charge in [-0.05, 0) is 32.1 Å². The summed E-state index contributed by atoms with van der Waals surface area (Å²) >= 11 is 0. The minimum Gasteiger partial charge on any atom is -0.481 e. The molecule has 1 aromatic rings. The van der Waals surface area contributed by atoms with Crippen molar-refractivity contribution in [3.05, 3.63) is 11.7 Å². The van der Waals surface area contributed by atoms with Crippen molar-refractivity contribution in [3.63, 3.8) is 0 Å². The summed E-state index contributed by atoms with van der Waals surface area (Å²) in [7, 11) is 0. The van der Waals surface area contributed by atoms with Crippen LogP contribution in [-0.2, 0) is 9.53 Å². The first-order valence-electron chi connectivity index (χ1n) is 7.44. The van der Waals surface area contributed by atoms with Gasteiger partial charge in [0.1, 0.15) is 0 Å². The molecular formula is C14H18N2O4.